The molecule has 0 heterocycles. The molecule has 4 heteroatoms. The summed E-state index contributed by atoms with van der Waals surface area (Å²) in [4.78, 5) is 0. The molecule has 0 bridgehead atoms. The van der Waals surface area contributed by atoms with Crippen molar-refractivity contribution in [1.82, 2.24) is 0 Å². The summed E-state index contributed by atoms with van der Waals surface area (Å²) in [6.45, 7) is 5.83. The zero-order chi connectivity index (χ0) is 25.7. The van der Waals surface area contributed by atoms with Crippen LogP contribution in [-0.4, -0.2) is 6.10 Å². The van der Waals surface area contributed by atoms with E-state index in [9.17, 15) is 8.78 Å². The lowest BCUT2D eigenvalue weighted by atomic mass is 9.96. The molecular weight excluding hydrogens is 457 g/mol. The van der Waals surface area contributed by atoms with Crippen LogP contribution in [0.1, 0.15) is 45.6 Å². The lowest BCUT2D eigenvalue weighted by Crippen LogP contribution is -2.12. The molecule has 0 amide bonds. The summed E-state index contributed by atoms with van der Waals surface area (Å²) in [6.07, 6.45) is 3.72. The molecule has 1 atom stereocenters. The summed E-state index contributed by atoms with van der Waals surface area (Å²) in [5, 5.41) is 0. The molecule has 4 aromatic carbocycles. The van der Waals surface area contributed by atoms with E-state index in [4.69, 9.17) is 4.74 Å². The molecule has 0 radical (unpaired) electrons. The number of ether oxygens (including phenoxy) is 1. The van der Waals surface area contributed by atoms with Gasteiger partial charge < -0.3 is 4.74 Å². The molecule has 0 saturated carbocycles. The summed E-state index contributed by atoms with van der Waals surface area (Å²) in [5.74, 6) is -2.16. The number of hydrogen-bond donors (Lipinski definition) is 0. The van der Waals surface area contributed by atoms with E-state index in [2.05, 4.69) is 19.1 Å². The van der Waals surface area contributed by atoms with Gasteiger partial charge >= 0.3 is 0 Å². The topological polar surface area (TPSA) is 9.23 Å². The second kappa shape index (κ2) is 11.5. The minimum Gasteiger partial charge on any atom is -0.485 e. The van der Waals surface area contributed by atoms with Gasteiger partial charge in [0.15, 0.2) is 17.4 Å². The first kappa shape index (κ1) is 25.6. The maximum Gasteiger partial charge on any atom is 0.191 e. The van der Waals surface area contributed by atoms with Crippen molar-refractivity contribution < 1.29 is 17.9 Å². The molecule has 0 aromatic heterocycles. The van der Waals surface area contributed by atoms with Crippen molar-refractivity contribution in [2.75, 3.05) is 0 Å². The molecule has 0 N–H and O–H groups in total. The van der Waals surface area contributed by atoms with Crippen LogP contribution in [0.25, 0.3) is 33.4 Å². The average molecular weight is 489 g/mol. The van der Waals surface area contributed by atoms with Crippen LogP contribution in [0, 0.1) is 17.5 Å². The molecule has 0 aliphatic carbocycles. The van der Waals surface area contributed by atoms with E-state index in [0.29, 0.717) is 28.7 Å². The van der Waals surface area contributed by atoms with E-state index in [1.54, 1.807) is 43.3 Å². The third-order valence-electron chi connectivity index (χ3n) is 6.50. The van der Waals surface area contributed by atoms with Gasteiger partial charge in [-0.15, -0.1) is 0 Å². The normalized spacial score (nSPS) is 11.9. The Hall–Kier alpha value is -3.53. The first-order chi connectivity index (χ1) is 17.4. The zero-order valence-corrected chi connectivity index (χ0v) is 21.0. The standard InChI is InChI=1S/C32H31F3O/c1-4-6-7-22-8-10-23(11-9-22)26-16-17-28(29(33)18-26)25-14-12-24(13-15-25)27-19-30(34)32(31(35)20-27)36-21(3)5-2/h8-21H,4-7H2,1-3H3. The summed E-state index contributed by atoms with van der Waals surface area (Å²) < 4.78 is 49.5. The number of rotatable bonds is 9. The van der Waals surface area contributed by atoms with Crippen molar-refractivity contribution >= 4 is 0 Å². The highest BCUT2D eigenvalue weighted by atomic mass is 19.1. The Labute approximate surface area is 211 Å². The Kier molecular flexibility index (Phi) is 8.14. The number of halogens is 3. The monoisotopic (exact) mass is 488 g/mol. The fourth-order valence-electron chi connectivity index (χ4n) is 4.14. The first-order valence-corrected chi connectivity index (χ1v) is 12.5. The van der Waals surface area contributed by atoms with Gasteiger partial charge in [-0.25, -0.2) is 13.2 Å². The molecule has 0 spiro atoms. The van der Waals surface area contributed by atoms with Gasteiger partial charge in [0, 0.05) is 5.56 Å². The van der Waals surface area contributed by atoms with E-state index in [0.717, 1.165) is 30.4 Å². The molecule has 1 nitrogen and oxygen atoms in total. The number of unbranched alkanes of at least 4 members (excludes halogenated alkanes) is 1. The first-order valence-electron chi connectivity index (χ1n) is 12.5. The summed E-state index contributed by atoms with van der Waals surface area (Å²) in [6, 6.07) is 23.0. The van der Waals surface area contributed by atoms with Gasteiger partial charge in [0.1, 0.15) is 5.82 Å². The van der Waals surface area contributed by atoms with Crippen LogP contribution in [-0.2, 0) is 6.42 Å². The third-order valence-corrected chi connectivity index (χ3v) is 6.50. The van der Waals surface area contributed by atoms with Gasteiger partial charge in [0.25, 0.3) is 0 Å². The quantitative estimate of drug-likeness (QED) is 0.228. The Bertz CT molecular complexity index is 1290. The predicted molar refractivity (Wildman–Crippen MR) is 142 cm³/mol. The Morgan fingerprint density at radius 1 is 0.639 bits per heavy atom. The van der Waals surface area contributed by atoms with E-state index in [1.165, 1.54) is 17.7 Å². The van der Waals surface area contributed by atoms with Crippen molar-refractivity contribution in [1.29, 1.82) is 0 Å². The number of benzene rings is 4. The summed E-state index contributed by atoms with van der Waals surface area (Å²) in [5.41, 5.74) is 5.27. The van der Waals surface area contributed by atoms with Gasteiger partial charge in [-0.1, -0.05) is 80.9 Å². The predicted octanol–water partition coefficient (Wildman–Crippen LogP) is 9.62. The second-order valence-corrected chi connectivity index (χ2v) is 9.18. The molecule has 1 unspecified atom stereocenters. The summed E-state index contributed by atoms with van der Waals surface area (Å²) >= 11 is 0. The summed E-state index contributed by atoms with van der Waals surface area (Å²) in [7, 11) is 0. The molecule has 186 valence electrons. The molecule has 4 rings (SSSR count). The molecular formula is C32H31F3O. The number of aryl methyl sites for hydroxylation is 1. The molecule has 36 heavy (non-hydrogen) atoms. The Morgan fingerprint density at radius 2 is 1.17 bits per heavy atom. The van der Waals surface area contributed by atoms with Crippen LogP contribution < -0.4 is 4.74 Å². The van der Waals surface area contributed by atoms with Crippen LogP contribution in [0.15, 0.2) is 78.9 Å². The van der Waals surface area contributed by atoms with E-state index < -0.39 is 11.6 Å². The molecule has 0 saturated heterocycles. The van der Waals surface area contributed by atoms with Crippen molar-refractivity contribution in [3.63, 3.8) is 0 Å². The van der Waals surface area contributed by atoms with Crippen LogP contribution in [0.2, 0.25) is 0 Å². The van der Waals surface area contributed by atoms with Crippen molar-refractivity contribution in [3.05, 3.63) is 102 Å². The van der Waals surface area contributed by atoms with E-state index in [1.807, 2.05) is 25.1 Å². The van der Waals surface area contributed by atoms with E-state index >= 15 is 4.39 Å². The lowest BCUT2D eigenvalue weighted by Gasteiger charge is -2.15. The van der Waals surface area contributed by atoms with E-state index in [-0.39, 0.29) is 17.7 Å². The van der Waals surface area contributed by atoms with Crippen LogP contribution >= 0.6 is 0 Å². The highest BCUT2D eigenvalue weighted by Gasteiger charge is 2.16. The number of hydrogen-bond acceptors (Lipinski definition) is 1. The van der Waals surface area contributed by atoms with Gasteiger partial charge in [0.2, 0.25) is 0 Å². The van der Waals surface area contributed by atoms with Crippen LogP contribution in [0.3, 0.4) is 0 Å². The third kappa shape index (κ3) is 5.81. The Morgan fingerprint density at radius 3 is 1.75 bits per heavy atom. The van der Waals surface area contributed by atoms with Crippen molar-refractivity contribution in [3.8, 4) is 39.1 Å². The lowest BCUT2D eigenvalue weighted by molar-refractivity contribution is 0.198. The highest BCUT2D eigenvalue weighted by Crippen LogP contribution is 2.33. The van der Waals surface area contributed by atoms with Gasteiger partial charge in [-0.2, -0.15) is 0 Å². The molecule has 0 fully saturated rings. The minimum atomic E-state index is -0.741. The van der Waals surface area contributed by atoms with Gasteiger partial charge in [-0.3, -0.25) is 0 Å². The van der Waals surface area contributed by atoms with Gasteiger partial charge in [-0.05, 0) is 77.8 Å². The van der Waals surface area contributed by atoms with Crippen LogP contribution in [0.4, 0.5) is 13.2 Å². The van der Waals surface area contributed by atoms with Crippen LogP contribution in [0.5, 0.6) is 5.75 Å². The van der Waals surface area contributed by atoms with Crippen molar-refractivity contribution in [2.24, 2.45) is 0 Å². The molecule has 4 aromatic rings. The Balaban J connectivity index is 1.54. The SMILES string of the molecule is CCCCc1ccc(-c2ccc(-c3ccc(-c4cc(F)c(OC(C)CC)c(F)c4)cc3)c(F)c2)cc1. The highest BCUT2D eigenvalue weighted by molar-refractivity contribution is 5.74. The zero-order valence-electron chi connectivity index (χ0n) is 21.0. The van der Waals surface area contributed by atoms with Crippen molar-refractivity contribution in [2.45, 2.75) is 52.6 Å². The molecule has 0 aliphatic heterocycles. The smallest absolute Gasteiger partial charge is 0.191 e. The maximum atomic E-state index is 15.1. The minimum absolute atomic E-state index is 0.287. The fraction of sp³-hybridized carbons (Fsp3) is 0.250. The average Bonchev–Trinajstić information content (AvgIpc) is 2.89. The second-order valence-electron chi connectivity index (χ2n) is 9.18. The van der Waals surface area contributed by atoms with Gasteiger partial charge in [0.05, 0.1) is 6.10 Å². The maximum absolute atomic E-state index is 15.1. The fourth-order valence-corrected chi connectivity index (χ4v) is 4.14. The largest absolute Gasteiger partial charge is 0.485 e. The molecule has 0 aliphatic rings.